The number of benzene rings is 3. The minimum atomic E-state index is -4.11. The summed E-state index contributed by atoms with van der Waals surface area (Å²) >= 11 is 1.35. The van der Waals surface area contributed by atoms with Crippen LogP contribution in [0.3, 0.4) is 0 Å². The van der Waals surface area contributed by atoms with Crippen molar-refractivity contribution >= 4 is 49.9 Å². The SMILES string of the molecule is CCCC[C@H]1S/C(=N\N=C/c2c(OS(=O)(=O)c3ccc(OCC)cc3)ccc3ccccc23)NC1=O. The fourth-order valence-electron chi connectivity index (χ4n) is 3.69. The van der Waals surface area contributed by atoms with E-state index in [1.807, 2.05) is 31.2 Å². The molecule has 1 aliphatic rings. The maximum atomic E-state index is 13.0. The number of hydrogen-bond donors (Lipinski definition) is 1. The van der Waals surface area contributed by atoms with E-state index in [0.717, 1.165) is 30.0 Å². The van der Waals surface area contributed by atoms with Gasteiger partial charge in [-0.15, -0.1) is 5.10 Å². The number of unbranched alkanes of at least 4 members (excludes halogenated alkanes) is 1. The van der Waals surface area contributed by atoms with Crippen molar-refractivity contribution in [1.82, 2.24) is 5.32 Å². The van der Waals surface area contributed by atoms with Gasteiger partial charge in [-0.2, -0.15) is 13.5 Å². The van der Waals surface area contributed by atoms with E-state index < -0.39 is 10.1 Å². The van der Waals surface area contributed by atoms with Gasteiger partial charge in [-0.05, 0) is 54.4 Å². The molecule has 188 valence electrons. The largest absolute Gasteiger partial charge is 0.494 e. The summed E-state index contributed by atoms with van der Waals surface area (Å²) in [5, 5.41) is 12.9. The number of carbonyl (C=O) groups is 1. The number of amides is 1. The fraction of sp³-hybridized carbons (Fsp3) is 0.269. The number of fused-ring (bicyclic) bond motifs is 1. The van der Waals surface area contributed by atoms with E-state index in [1.54, 1.807) is 24.3 Å². The highest BCUT2D eigenvalue weighted by Gasteiger charge is 2.29. The Bertz CT molecular complexity index is 1400. The molecule has 0 aliphatic carbocycles. The first-order valence-corrected chi connectivity index (χ1v) is 14.0. The van der Waals surface area contributed by atoms with Crippen molar-refractivity contribution in [3.05, 3.63) is 66.2 Å². The van der Waals surface area contributed by atoms with Gasteiger partial charge in [0.2, 0.25) is 5.91 Å². The highest BCUT2D eigenvalue weighted by Crippen LogP contribution is 2.30. The minimum Gasteiger partial charge on any atom is -0.494 e. The van der Waals surface area contributed by atoms with Gasteiger partial charge >= 0.3 is 10.1 Å². The molecular formula is C26H27N3O5S2. The number of thioether (sulfide) groups is 1. The molecule has 1 N–H and O–H groups in total. The van der Waals surface area contributed by atoms with Crippen molar-refractivity contribution in [2.75, 3.05) is 6.61 Å². The zero-order valence-corrected chi connectivity index (χ0v) is 21.6. The lowest BCUT2D eigenvalue weighted by Gasteiger charge is -2.12. The van der Waals surface area contributed by atoms with E-state index in [2.05, 4.69) is 22.4 Å². The van der Waals surface area contributed by atoms with E-state index in [-0.39, 0.29) is 21.8 Å². The van der Waals surface area contributed by atoms with Crippen molar-refractivity contribution < 1.29 is 22.1 Å². The molecule has 0 aromatic heterocycles. The zero-order valence-electron chi connectivity index (χ0n) is 20.0. The maximum Gasteiger partial charge on any atom is 0.339 e. The van der Waals surface area contributed by atoms with Crippen LogP contribution in [0.1, 0.15) is 38.7 Å². The fourth-order valence-corrected chi connectivity index (χ4v) is 5.61. The first-order valence-electron chi connectivity index (χ1n) is 11.7. The molecule has 1 fully saturated rings. The Morgan fingerprint density at radius 3 is 2.58 bits per heavy atom. The third-order valence-electron chi connectivity index (χ3n) is 5.49. The molecule has 0 saturated carbocycles. The van der Waals surface area contributed by atoms with E-state index >= 15 is 0 Å². The molecule has 1 saturated heterocycles. The summed E-state index contributed by atoms with van der Waals surface area (Å²) in [6, 6.07) is 16.9. The second kappa shape index (κ2) is 11.6. The lowest BCUT2D eigenvalue weighted by atomic mass is 10.0. The summed E-state index contributed by atoms with van der Waals surface area (Å²) < 4.78 is 37.0. The Balaban J connectivity index is 1.62. The van der Waals surface area contributed by atoms with Gasteiger partial charge in [0.25, 0.3) is 0 Å². The van der Waals surface area contributed by atoms with E-state index in [9.17, 15) is 13.2 Å². The Hall–Kier alpha value is -3.37. The van der Waals surface area contributed by atoms with E-state index in [0.29, 0.717) is 23.1 Å². The monoisotopic (exact) mass is 525 g/mol. The molecule has 1 aliphatic heterocycles. The number of hydrogen-bond acceptors (Lipinski definition) is 8. The molecule has 0 radical (unpaired) electrons. The van der Waals surface area contributed by atoms with E-state index in [1.165, 1.54) is 30.1 Å². The molecule has 3 aromatic rings. The van der Waals surface area contributed by atoms with Gasteiger partial charge in [-0.1, -0.05) is 61.9 Å². The summed E-state index contributed by atoms with van der Waals surface area (Å²) in [6.45, 7) is 4.41. The normalized spacial score (nSPS) is 17.1. The summed E-state index contributed by atoms with van der Waals surface area (Å²) in [6.07, 6.45) is 4.20. The number of nitrogens with zero attached hydrogens (tertiary/aromatic N) is 2. The highest BCUT2D eigenvalue weighted by molar-refractivity contribution is 8.15. The molecule has 10 heteroatoms. The first kappa shape index (κ1) is 25.7. The Morgan fingerprint density at radius 2 is 1.83 bits per heavy atom. The van der Waals surface area contributed by atoms with Crippen LogP contribution in [0.5, 0.6) is 11.5 Å². The second-order valence-corrected chi connectivity index (χ2v) is 10.8. The second-order valence-electron chi connectivity index (χ2n) is 8.03. The molecule has 4 rings (SSSR count). The third kappa shape index (κ3) is 6.06. The van der Waals surface area contributed by atoms with Crippen molar-refractivity contribution in [3.8, 4) is 11.5 Å². The molecule has 8 nitrogen and oxygen atoms in total. The summed E-state index contributed by atoms with van der Waals surface area (Å²) in [5.41, 5.74) is 0.462. The number of rotatable bonds is 10. The van der Waals surface area contributed by atoms with Crippen molar-refractivity contribution in [2.24, 2.45) is 10.2 Å². The molecule has 0 bridgehead atoms. The predicted octanol–water partition coefficient (Wildman–Crippen LogP) is 5.12. The van der Waals surface area contributed by atoms with Gasteiger partial charge in [0.1, 0.15) is 10.6 Å². The maximum absolute atomic E-state index is 13.0. The van der Waals surface area contributed by atoms with Gasteiger partial charge in [0, 0.05) is 5.56 Å². The van der Waals surface area contributed by atoms with E-state index in [4.69, 9.17) is 8.92 Å². The highest BCUT2D eigenvalue weighted by atomic mass is 32.2. The molecular weight excluding hydrogens is 498 g/mol. The molecule has 0 spiro atoms. The average Bonchev–Trinajstić information content (AvgIpc) is 3.23. The van der Waals surface area contributed by atoms with Crippen LogP contribution in [0.15, 0.2) is 75.8 Å². The molecule has 1 amide bonds. The lowest BCUT2D eigenvalue weighted by molar-refractivity contribution is -0.118. The lowest BCUT2D eigenvalue weighted by Crippen LogP contribution is -2.24. The molecule has 0 unspecified atom stereocenters. The van der Waals surface area contributed by atoms with Crippen molar-refractivity contribution in [2.45, 2.75) is 43.3 Å². The van der Waals surface area contributed by atoms with Gasteiger partial charge in [-0.3, -0.25) is 4.79 Å². The van der Waals surface area contributed by atoms with Crippen LogP contribution in [0.2, 0.25) is 0 Å². The zero-order chi connectivity index (χ0) is 25.5. The number of nitrogens with one attached hydrogen (secondary N) is 1. The number of amidine groups is 1. The molecule has 3 aromatic carbocycles. The van der Waals surface area contributed by atoms with Crippen LogP contribution in [-0.4, -0.2) is 37.6 Å². The number of ether oxygens (including phenoxy) is 1. The minimum absolute atomic E-state index is 0.00503. The summed E-state index contributed by atoms with van der Waals surface area (Å²) in [7, 11) is -4.11. The van der Waals surface area contributed by atoms with Gasteiger partial charge in [0.05, 0.1) is 18.1 Å². The first-order chi connectivity index (χ1) is 17.4. The van der Waals surface area contributed by atoms with Crippen LogP contribution in [0, 0.1) is 0 Å². The van der Waals surface area contributed by atoms with Crippen LogP contribution in [-0.2, 0) is 14.9 Å². The van der Waals surface area contributed by atoms with Crippen molar-refractivity contribution in [1.29, 1.82) is 0 Å². The molecule has 1 atom stereocenters. The standard InChI is InChI=1S/C26H27N3O5S2/c1-3-5-10-24-25(30)28-26(35-24)29-27-17-22-21-9-7-6-8-18(21)11-16-23(22)34-36(31,32)20-14-12-19(13-15-20)33-4-2/h6-9,11-17,24H,3-5,10H2,1-2H3,(H,28,29,30)/b27-17-/t24-/m1/s1. The molecule has 1 heterocycles. The molecule has 36 heavy (non-hydrogen) atoms. The smallest absolute Gasteiger partial charge is 0.339 e. The Labute approximate surface area is 214 Å². The van der Waals surface area contributed by atoms with Crippen molar-refractivity contribution in [3.63, 3.8) is 0 Å². The quantitative estimate of drug-likeness (QED) is 0.224. The van der Waals surface area contributed by atoms with Gasteiger partial charge < -0.3 is 14.2 Å². The van der Waals surface area contributed by atoms with Crippen LogP contribution < -0.4 is 14.2 Å². The van der Waals surface area contributed by atoms with Gasteiger partial charge in [-0.25, -0.2) is 0 Å². The average molecular weight is 526 g/mol. The van der Waals surface area contributed by atoms with Crippen LogP contribution in [0.4, 0.5) is 0 Å². The Kier molecular flexibility index (Phi) is 8.27. The Morgan fingerprint density at radius 1 is 1.06 bits per heavy atom. The summed E-state index contributed by atoms with van der Waals surface area (Å²) in [5.74, 6) is 0.622. The third-order valence-corrected chi connectivity index (χ3v) is 7.88. The topological polar surface area (TPSA) is 106 Å². The van der Waals surface area contributed by atoms with Crippen LogP contribution in [0.25, 0.3) is 10.8 Å². The van der Waals surface area contributed by atoms with Crippen LogP contribution >= 0.6 is 11.8 Å². The summed E-state index contributed by atoms with van der Waals surface area (Å²) in [4.78, 5) is 12.1. The predicted molar refractivity (Wildman–Crippen MR) is 143 cm³/mol. The van der Waals surface area contributed by atoms with Gasteiger partial charge in [0.15, 0.2) is 10.9 Å². The number of carbonyl (C=O) groups excluding carboxylic acids is 1.